The molecule has 3 atom stereocenters. The molecular formula is C15H29N3O. The lowest BCUT2D eigenvalue weighted by Gasteiger charge is -2.42. The molecular weight excluding hydrogens is 238 g/mol. The number of nitrogens with zero attached hydrogens (tertiary/aromatic N) is 2. The van der Waals surface area contributed by atoms with Gasteiger partial charge < -0.3 is 10.9 Å². The van der Waals surface area contributed by atoms with Gasteiger partial charge in [0.25, 0.3) is 0 Å². The maximum absolute atomic E-state index is 8.86. The molecule has 3 N–H and O–H groups in total. The van der Waals surface area contributed by atoms with E-state index in [0.717, 1.165) is 11.8 Å². The van der Waals surface area contributed by atoms with Crippen molar-refractivity contribution < 1.29 is 5.21 Å². The van der Waals surface area contributed by atoms with Gasteiger partial charge in [0.05, 0.1) is 6.54 Å². The maximum atomic E-state index is 8.86. The third-order valence-corrected chi connectivity index (χ3v) is 5.31. The fraction of sp³-hybridized carbons (Fsp3) is 0.933. The summed E-state index contributed by atoms with van der Waals surface area (Å²) in [6, 6.07) is 1.26. The molecule has 2 aliphatic rings. The number of hydrogen-bond acceptors (Lipinski definition) is 3. The number of hydrogen-bond donors (Lipinski definition) is 2. The minimum atomic E-state index is 0.359. The molecule has 2 saturated carbocycles. The van der Waals surface area contributed by atoms with Crippen LogP contribution in [0.2, 0.25) is 0 Å². The summed E-state index contributed by atoms with van der Waals surface area (Å²) in [5.74, 6) is 1.98. The summed E-state index contributed by atoms with van der Waals surface area (Å²) in [4.78, 5) is 2.53. The van der Waals surface area contributed by atoms with E-state index in [9.17, 15) is 0 Å². The van der Waals surface area contributed by atoms with E-state index in [1.165, 1.54) is 44.9 Å². The zero-order chi connectivity index (χ0) is 13.8. The highest BCUT2D eigenvalue weighted by Gasteiger charge is 2.33. The normalized spacial score (nSPS) is 34.1. The molecule has 0 saturated heterocycles. The summed E-state index contributed by atoms with van der Waals surface area (Å²) in [5, 5.41) is 12.0. The van der Waals surface area contributed by atoms with Gasteiger partial charge in [0.15, 0.2) is 5.84 Å². The van der Waals surface area contributed by atoms with E-state index in [4.69, 9.17) is 10.9 Å². The van der Waals surface area contributed by atoms with Crippen LogP contribution < -0.4 is 5.73 Å². The number of nitrogens with two attached hydrogens (primary N) is 1. The zero-order valence-electron chi connectivity index (χ0n) is 12.4. The second-order valence-corrected chi connectivity index (χ2v) is 6.62. The molecule has 0 amide bonds. The van der Waals surface area contributed by atoms with Crippen molar-refractivity contribution in [3.63, 3.8) is 0 Å². The van der Waals surface area contributed by atoms with Gasteiger partial charge in [-0.2, -0.15) is 0 Å². The standard InChI is InChI=1S/C15H29N3O/c1-11-7-8-14(9-12(11)2)18(10-15(16)17-19)13-5-3-4-6-13/h11-14,19H,3-10H2,1-2H3,(H2,16,17). The highest BCUT2D eigenvalue weighted by atomic mass is 16.4. The van der Waals surface area contributed by atoms with Crippen LogP contribution in [0.1, 0.15) is 58.8 Å². The lowest BCUT2D eigenvalue weighted by molar-refractivity contribution is 0.0863. The smallest absolute Gasteiger partial charge is 0.153 e. The molecule has 0 aromatic heterocycles. The highest BCUT2D eigenvalue weighted by Crippen LogP contribution is 2.35. The molecule has 0 aliphatic heterocycles. The van der Waals surface area contributed by atoms with Gasteiger partial charge >= 0.3 is 0 Å². The van der Waals surface area contributed by atoms with Crippen molar-refractivity contribution in [3.05, 3.63) is 0 Å². The third kappa shape index (κ3) is 3.62. The van der Waals surface area contributed by atoms with Crippen molar-refractivity contribution in [1.29, 1.82) is 0 Å². The van der Waals surface area contributed by atoms with E-state index in [2.05, 4.69) is 23.9 Å². The lowest BCUT2D eigenvalue weighted by Crippen LogP contribution is -2.49. The molecule has 0 aromatic carbocycles. The SMILES string of the molecule is CC1CCC(N(CC(N)=NO)C2CCCC2)CC1C. The van der Waals surface area contributed by atoms with Crippen molar-refractivity contribution in [2.75, 3.05) is 6.54 Å². The Morgan fingerprint density at radius 2 is 1.79 bits per heavy atom. The Labute approximate surface area is 117 Å². The predicted octanol–water partition coefficient (Wildman–Crippen LogP) is 2.80. The van der Waals surface area contributed by atoms with Crippen LogP contribution in [0.3, 0.4) is 0 Å². The van der Waals surface area contributed by atoms with Crippen LogP contribution in [-0.2, 0) is 0 Å². The second-order valence-electron chi connectivity index (χ2n) is 6.62. The van der Waals surface area contributed by atoms with E-state index in [0.29, 0.717) is 24.5 Å². The van der Waals surface area contributed by atoms with E-state index in [-0.39, 0.29) is 0 Å². The summed E-state index contributed by atoms with van der Waals surface area (Å²) >= 11 is 0. The van der Waals surface area contributed by atoms with E-state index in [1.807, 2.05) is 0 Å². The molecule has 2 aliphatic carbocycles. The average molecular weight is 267 g/mol. The fourth-order valence-electron chi connectivity index (χ4n) is 3.83. The summed E-state index contributed by atoms with van der Waals surface area (Å²) in [6.45, 7) is 5.37. The Bertz CT molecular complexity index is 313. The highest BCUT2D eigenvalue weighted by molar-refractivity contribution is 5.81. The molecule has 3 unspecified atom stereocenters. The predicted molar refractivity (Wildman–Crippen MR) is 78.3 cm³/mol. The number of rotatable bonds is 4. The molecule has 4 nitrogen and oxygen atoms in total. The Kier molecular flexibility index (Phi) is 5.08. The molecule has 0 radical (unpaired) electrons. The number of amidine groups is 1. The molecule has 19 heavy (non-hydrogen) atoms. The quantitative estimate of drug-likeness (QED) is 0.356. The monoisotopic (exact) mass is 267 g/mol. The van der Waals surface area contributed by atoms with Gasteiger partial charge in [-0.15, -0.1) is 0 Å². The van der Waals surface area contributed by atoms with Crippen LogP contribution >= 0.6 is 0 Å². The first-order chi connectivity index (χ1) is 9.11. The fourth-order valence-corrected chi connectivity index (χ4v) is 3.83. The van der Waals surface area contributed by atoms with Crippen molar-refractivity contribution in [1.82, 2.24) is 4.90 Å². The van der Waals surface area contributed by atoms with Crippen LogP contribution in [0, 0.1) is 11.8 Å². The van der Waals surface area contributed by atoms with E-state index >= 15 is 0 Å². The van der Waals surface area contributed by atoms with Gasteiger partial charge in [0.1, 0.15) is 0 Å². The van der Waals surface area contributed by atoms with E-state index < -0.39 is 0 Å². The zero-order valence-corrected chi connectivity index (χ0v) is 12.4. The molecule has 4 heteroatoms. The van der Waals surface area contributed by atoms with Crippen molar-refractivity contribution in [2.24, 2.45) is 22.7 Å². The Hall–Kier alpha value is -0.770. The van der Waals surface area contributed by atoms with Crippen LogP contribution in [-0.4, -0.2) is 34.6 Å². The van der Waals surface area contributed by atoms with Crippen molar-refractivity contribution in [2.45, 2.75) is 70.9 Å². The summed E-state index contributed by atoms with van der Waals surface area (Å²) in [6.07, 6.45) is 9.05. The van der Waals surface area contributed by atoms with Crippen LogP contribution in [0.15, 0.2) is 5.16 Å². The Morgan fingerprint density at radius 1 is 1.11 bits per heavy atom. The topological polar surface area (TPSA) is 61.8 Å². The van der Waals surface area contributed by atoms with Gasteiger partial charge in [-0.05, 0) is 43.9 Å². The molecule has 0 bridgehead atoms. The molecule has 110 valence electrons. The summed E-state index contributed by atoms with van der Waals surface area (Å²) in [7, 11) is 0. The van der Waals surface area contributed by atoms with Crippen LogP contribution in [0.25, 0.3) is 0 Å². The van der Waals surface area contributed by atoms with Crippen LogP contribution in [0.5, 0.6) is 0 Å². The van der Waals surface area contributed by atoms with Gasteiger partial charge in [-0.25, -0.2) is 0 Å². The molecule has 0 heterocycles. The van der Waals surface area contributed by atoms with Gasteiger partial charge in [0, 0.05) is 12.1 Å². The first kappa shape index (κ1) is 14.6. The Balaban J connectivity index is 2.03. The molecule has 0 spiro atoms. The third-order valence-electron chi connectivity index (χ3n) is 5.31. The van der Waals surface area contributed by atoms with Crippen molar-refractivity contribution in [3.8, 4) is 0 Å². The molecule has 0 aromatic rings. The number of oxime groups is 1. The summed E-state index contributed by atoms with van der Waals surface area (Å²) < 4.78 is 0. The lowest BCUT2D eigenvalue weighted by atomic mass is 9.78. The first-order valence-electron chi connectivity index (χ1n) is 7.84. The molecule has 2 fully saturated rings. The minimum absolute atomic E-state index is 0.359. The summed E-state index contributed by atoms with van der Waals surface area (Å²) in [5.41, 5.74) is 5.77. The largest absolute Gasteiger partial charge is 0.409 e. The average Bonchev–Trinajstić information content (AvgIpc) is 2.92. The van der Waals surface area contributed by atoms with Crippen molar-refractivity contribution >= 4 is 5.84 Å². The second kappa shape index (κ2) is 6.60. The minimum Gasteiger partial charge on any atom is -0.409 e. The van der Waals surface area contributed by atoms with E-state index in [1.54, 1.807) is 0 Å². The van der Waals surface area contributed by atoms with Gasteiger partial charge in [-0.1, -0.05) is 31.8 Å². The van der Waals surface area contributed by atoms with Crippen LogP contribution in [0.4, 0.5) is 0 Å². The first-order valence-corrected chi connectivity index (χ1v) is 7.84. The van der Waals surface area contributed by atoms with Gasteiger partial charge in [0.2, 0.25) is 0 Å². The Morgan fingerprint density at radius 3 is 2.37 bits per heavy atom. The molecule has 2 rings (SSSR count). The maximum Gasteiger partial charge on any atom is 0.153 e. The van der Waals surface area contributed by atoms with Gasteiger partial charge in [-0.3, -0.25) is 4.90 Å².